The molecule has 0 bridgehead atoms. The van der Waals surface area contributed by atoms with E-state index in [0.717, 1.165) is 13.0 Å². The lowest BCUT2D eigenvalue weighted by Crippen LogP contribution is -2.52. The van der Waals surface area contributed by atoms with Crippen molar-refractivity contribution < 1.29 is 4.79 Å². The van der Waals surface area contributed by atoms with Crippen LogP contribution in [0.2, 0.25) is 0 Å². The van der Waals surface area contributed by atoms with Crippen molar-refractivity contribution in [3.05, 3.63) is 0 Å². The van der Waals surface area contributed by atoms with Crippen molar-refractivity contribution in [2.45, 2.75) is 71.0 Å². The van der Waals surface area contributed by atoms with Gasteiger partial charge in [-0.05, 0) is 59.9 Å². The zero-order valence-corrected chi connectivity index (χ0v) is 12.4. The Kier molecular flexibility index (Phi) is 4.12. The first-order valence-electron chi connectivity index (χ1n) is 7.41. The zero-order valence-electron chi connectivity index (χ0n) is 12.4. The Balaban J connectivity index is 1.91. The molecular formula is C15H28N2O. The Morgan fingerprint density at radius 2 is 1.67 bits per heavy atom. The fourth-order valence-corrected chi connectivity index (χ4v) is 3.53. The number of hydrogen-bond acceptors (Lipinski definition) is 3. The molecule has 0 N–H and O–H groups in total. The first-order valence-corrected chi connectivity index (χ1v) is 7.41. The van der Waals surface area contributed by atoms with Crippen LogP contribution < -0.4 is 0 Å². The number of rotatable bonds is 2. The molecule has 3 nitrogen and oxygen atoms in total. The van der Waals surface area contributed by atoms with Gasteiger partial charge in [-0.1, -0.05) is 0 Å². The third-order valence-electron chi connectivity index (χ3n) is 4.65. The predicted molar refractivity (Wildman–Crippen MR) is 74.8 cm³/mol. The molecule has 1 atom stereocenters. The molecule has 0 aromatic rings. The molecular weight excluding hydrogens is 224 g/mol. The zero-order chi connectivity index (χ0) is 13.3. The van der Waals surface area contributed by atoms with E-state index in [4.69, 9.17) is 0 Å². The maximum absolute atomic E-state index is 11.7. The molecule has 0 amide bonds. The third-order valence-corrected chi connectivity index (χ3v) is 4.65. The van der Waals surface area contributed by atoms with Gasteiger partial charge in [-0.25, -0.2) is 0 Å². The Hall–Kier alpha value is -0.410. The number of Topliss-reactive ketones (excluding diaryl/α,β-unsaturated/α-hetero) is 1. The van der Waals surface area contributed by atoms with Gasteiger partial charge in [0.2, 0.25) is 0 Å². The Morgan fingerprint density at radius 1 is 1.06 bits per heavy atom. The van der Waals surface area contributed by atoms with Gasteiger partial charge in [0.05, 0.1) is 6.04 Å². The summed E-state index contributed by atoms with van der Waals surface area (Å²) in [6.07, 6.45) is 4.72. The highest BCUT2D eigenvalue weighted by atomic mass is 16.1. The number of hydrogen-bond donors (Lipinski definition) is 0. The van der Waals surface area contributed by atoms with Crippen LogP contribution >= 0.6 is 0 Å². The van der Waals surface area contributed by atoms with E-state index in [0.29, 0.717) is 11.8 Å². The van der Waals surface area contributed by atoms with Crippen molar-refractivity contribution in [2.24, 2.45) is 0 Å². The topological polar surface area (TPSA) is 23.6 Å². The summed E-state index contributed by atoms with van der Waals surface area (Å²) in [7, 11) is 0. The van der Waals surface area contributed by atoms with E-state index < -0.39 is 0 Å². The summed E-state index contributed by atoms with van der Waals surface area (Å²) in [6, 6.07) is 0.858. The van der Waals surface area contributed by atoms with Crippen molar-refractivity contribution >= 4 is 5.78 Å². The minimum absolute atomic E-state index is 0.219. The minimum Gasteiger partial charge on any atom is -0.298 e. The molecule has 18 heavy (non-hydrogen) atoms. The summed E-state index contributed by atoms with van der Waals surface area (Å²) in [5.74, 6) is 0.366. The van der Waals surface area contributed by atoms with Crippen LogP contribution in [0.3, 0.4) is 0 Å². The van der Waals surface area contributed by atoms with Crippen LogP contribution in [0.15, 0.2) is 0 Å². The van der Waals surface area contributed by atoms with Gasteiger partial charge < -0.3 is 0 Å². The molecule has 0 radical (unpaired) electrons. The van der Waals surface area contributed by atoms with E-state index in [1.165, 1.54) is 32.4 Å². The first kappa shape index (κ1) is 14.0. The average molecular weight is 252 g/mol. The number of carbonyl (C=O) groups is 1. The lowest BCUT2D eigenvalue weighted by atomic mass is 9.96. The van der Waals surface area contributed by atoms with Crippen LogP contribution in [-0.4, -0.2) is 52.8 Å². The van der Waals surface area contributed by atoms with E-state index in [1.807, 2.05) is 0 Å². The number of ketones is 1. The third kappa shape index (κ3) is 2.94. The van der Waals surface area contributed by atoms with Gasteiger partial charge in [0.1, 0.15) is 5.78 Å². The highest BCUT2D eigenvalue weighted by molar-refractivity contribution is 5.81. The molecule has 104 valence electrons. The van der Waals surface area contributed by atoms with Gasteiger partial charge in [0.15, 0.2) is 0 Å². The largest absolute Gasteiger partial charge is 0.298 e. The van der Waals surface area contributed by atoms with Gasteiger partial charge in [-0.2, -0.15) is 0 Å². The van der Waals surface area contributed by atoms with Crippen LogP contribution in [0.25, 0.3) is 0 Å². The molecule has 3 heteroatoms. The molecule has 0 spiro atoms. The normalized spacial score (nSPS) is 28.8. The van der Waals surface area contributed by atoms with E-state index in [9.17, 15) is 4.79 Å². The Morgan fingerprint density at radius 3 is 2.17 bits per heavy atom. The van der Waals surface area contributed by atoms with E-state index >= 15 is 0 Å². The molecule has 0 aromatic heterocycles. The van der Waals surface area contributed by atoms with E-state index in [1.54, 1.807) is 6.92 Å². The maximum atomic E-state index is 11.7. The Labute approximate surface area is 112 Å². The molecule has 2 heterocycles. The quantitative estimate of drug-likeness (QED) is 0.753. The maximum Gasteiger partial charge on any atom is 0.146 e. The summed E-state index contributed by atoms with van der Waals surface area (Å²) in [6.45, 7) is 12.1. The van der Waals surface area contributed by atoms with Crippen molar-refractivity contribution in [2.75, 3.05) is 19.6 Å². The fraction of sp³-hybridized carbons (Fsp3) is 0.933. The summed E-state index contributed by atoms with van der Waals surface area (Å²) in [5.41, 5.74) is 0.288. The second kappa shape index (κ2) is 5.30. The monoisotopic (exact) mass is 252 g/mol. The lowest BCUT2D eigenvalue weighted by Gasteiger charge is -2.44. The van der Waals surface area contributed by atoms with Gasteiger partial charge in [-0.3, -0.25) is 14.6 Å². The van der Waals surface area contributed by atoms with Crippen LogP contribution in [0.1, 0.15) is 53.4 Å². The lowest BCUT2D eigenvalue weighted by molar-refractivity contribution is -0.122. The second-order valence-electron chi connectivity index (χ2n) is 6.90. The number of nitrogens with zero attached hydrogens (tertiary/aromatic N) is 2. The van der Waals surface area contributed by atoms with Crippen LogP contribution in [-0.2, 0) is 4.79 Å². The summed E-state index contributed by atoms with van der Waals surface area (Å²) >= 11 is 0. The highest BCUT2D eigenvalue weighted by Gasteiger charge is 2.36. The summed E-state index contributed by atoms with van der Waals surface area (Å²) in [4.78, 5) is 16.7. The number of carbonyl (C=O) groups excluding carboxylic acids is 1. The molecule has 0 saturated carbocycles. The number of piperidine rings is 1. The van der Waals surface area contributed by atoms with Gasteiger partial charge in [0.25, 0.3) is 0 Å². The van der Waals surface area contributed by atoms with Crippen molar-refractivity contribution in [1.82, 2.24) is 9.80 Å². The average Bonchev–Trinajstić information content (AvgIpc) is 2.77. The Bertz CT molecular complexity index is 300. The molecule has 2 fully saturated rings. The summed E-state index contributed by atoms with van der Waals surface area (Å²) < 4.78 is 0. The minimum atomic E-state index is 0.219. The van der Waals surface area contributed by atoms with Crippen LogP contribution in [0, 0.1) is 0 Å². The van der Waals surface area contributed by atoms with E-state index in [2.05, 4.69) is 30.6 Å². The molecule has 0 aliphatic carbocycles. The molecule has 0 unspecified atom stereocenters. The van der Waals surface area contributed by atoms with Crippen molar-refractivity contribution in [3.8, 4) is 0 Å². The predicted octanol–water partition coefficient (Wildman–Crippen LogP) is 2.30. The summed E-state index contributed by atoms with van der Waals surface area (Å²) in [5, 5.41) is 0. The molecule has 2 aliphatic heterocycles. The highest BCUT2D eigenvalue weighted by Crippen LogP contribution is 2.28. The van der Waals surface area contributed by atoms with E-state index in [-0.39, 0.29) is 11.6 Å². The van der Waals surface area contributed by atoms with Gasteiger partial charge in [0, 0.05) is 24.7 Å². The standard InChI is InChI=1S/C15H28N2O/c1-12(18)14-6-5-9-17(14)13-7-10-16(11-8-13)15(2,3)4/h13-14H,5-11H2,1-4H3/t14-/m1/s1. The SMILES string of the molecule is CC(=O)[C@H]1CCCN1C1CCN(C(C)(C)C)CC1. The van der Waals surface area contributed by atoms with Crippen LogP contribution in [0.5, 0.6) is 0 Å². The first-order chi connectivity index (χ1) is 8.39. The van der Waals surface area contributed by atoms with Gasteiger partial charge in [-0.15, -0.1) is 0 Å². The molecule has 2 rings (SSSR count). The molecule has 0 aromatic carbocycles. The fourth-order valence-electron chi connectivity index (χ4n) is 3.53. The van der Waals surface area contributed by atoms with Crippen LogP contribution in [0.4, 0.5) is 0 Å². The second-order valence-corrected chi connectivity index (χ2v) is 6.90. The smallest absolute Gasteiger partial charge is 0.146 e. The van der Waals surface area contributed by atoms with Crippen molar-refractivity contribution in [1.29, 1.82) is 0 Å². The molecule has 2 aliphatic rings. The molecule has 2 saturated heterocycles. The van der Waals surface area contributed by atoms with Gasteiger partial charge >= 0.3 is 0 Å². The number of likely N-dealkylation sites (tertiary alicyclic amines) is 2. The van der Waals surface area contributed by atoms with Crippen molar-refractivity contribution in [3.63, 3.8) is 0 Å².